The first-order chi connectivity index (χ1) is 9.24. The van der Waals surface area contributed by atoms with Gasteiger partial charge in [-0.2, -0.15) is 0 Å². The molecule has 2 rings (SSSR count). The Bertz CT molecular complexity index is 481. The molecule has 1 aromatic heterocycles. The first kappa shape index (κ1) is 14.4. The normalized spacial score (nSPS) is 14.1. The van der Waals surface area contributed by atoms with Gasteiger partial charge in [0.2, 0.25) is 0 Å². The fourth-order valence-electron chi connectivity index (χ4n) is 1.87. The van der Waals surface area contributed by atoms with Crippen LogP contribution in [0, 0.1) is 0 Å². The van der Waals surface area contributed by atoms with E-state index in [2.05, 4.69) is 36.6 Å². The molecule has 2 aromatic rings. The van der Waals surface area contributed by atoms with Gasteiger partial charge in [0, 0.05) is 6.04 Å². The largest absolute Gasteiger partial charge is 0.497 e. The van der Waals surface area contributed by atoms with Crippen molar-refractivity contribution in [1.29, 1.82) is 0 Å². The van der Waals surface area contributed by atoms with Crippen molar-refractivity contribution in [3.05, 3.63) is 47.3 Å². The Morgan fingerprint density at radius 1 is 1.26 bits per heavy atom. The zero-order chi connectivity index (χ0) is 13.7. The topological polar surface area (TPSA) is 35.2 Å². The highest BCUT2D eigenvalue weighted by molar-refractivity contribution is 8.01. The minimum absolute atomic E-state index is 0.153. The lowest BCUT2D eigenvalue weighted by atomic mass is 10.0. The Morgan fingerprint density at radius 3 is 2.53 bits per heavy atom. The average Bonchev–Trinajstić information content (AvgIpc) is 2.97. The van der Waals surface area contributed by atoms with Gasteiger partial charge in [-0.25, -0.2) is 0 Å². The average molecular weight is 293 g/mol. The Labute approximate surface area is 123 Å². The monoisotopic (exact) mass is 293 g/mol. The third-order valence-corrected chi connectivity index (χ3v) is 5.53. The van der Waals surface area contributed by atoms with Crippen LogP contribution in [0.15, 0.2) is 46.0 Å². The van der Waals surface area contributed by atoms with Crippen molar-refractivity contribution in [2.45, 2.75) is 28.8 Å². The summed E-state index contributed by atoms with van der Waals surface area (Å²) >= 11 is 3.61. The molecule has 2 N–H and O–H groups in total. The number of benzene rings is 1. The number of ether oxygens (including phenoxy) is 1. The summed E-state index contributed by atoms with van der Waals surface area (Å²) in [4.78, 5) is 0. The van der Waals surface area contributed by atoms with Crippen molar-refractivity contribution >= 4 is 23.1 Å². The zero-order valence-electron chi connectivity index (χ0n) is 11.2. The van der Waals surface area contributed by atoms with Gasteiger partial charge in [0.05, 0.1) is 16.6 Å². The van der Waals surface area contributed by atoms with Crippen molar-refractivity contribution in [3.8, 4) is 5.75 Å². The maximum Gasteiger partial charge on any atom is 0.118 e. The van der Waals surface area contributed by atoms with Gasteiger partial charge in [0.1, 0.15) is 5.75 Å². The molecule has 2 nitrogen and oxygen atoms in total. The number of thiophene rings is 1. The summed E-state index contributed by atoms with van der Waals surface area (Å²) in [5.41, 5.74) is 7.55. The van der Waals surface area contributed by atoms with Crippen LogP contribution in [-0.2, 0) is 0 Å². The van der Waals surface area contributed by atoms with Crippen LogP contribution >= 0.6 is 23.1 Å². The predicted molar refractivity (Wildman–Crippen MR) is 84.2 cm³/mol. The molecule has 0 fully saturated rings. The Balaban J connectivity index is 2.20. The number of hydrogen-bond acceptors (Lipinski definition) is 4. The molecule has 2 unspecified atom stereocenters. The van der Waals surface area contributed by atoms with Crippen molar-refractivity contribution in [2.24, 2.45) is 5.73 Å². The molecular formula is C15H19NOS2. The SMILES string of the molecule is CCC(N)C(Sc1cccs1)c1ccc(OC)cc1. The summed E-state index contributed by atoms with van der Waals surface area (Å²) < 4.78 is 6.52. The smallest absolute Gasteiger partial charge is 0.118 e. The number of thioether (sulfide) groups is 1. The molecule has 0 saturated heterocycles. The van der Waals surface area contributed by atoms with Crippen LogP contribution in [0.3, 0.4) is 0 Å². The van der Waals surface area contributed by atoms with Gasteiger partial charge in [-0.05, 0) is 35.6 Å². The van der Waals surface area contributed by atoms with E-state index in [1.165, 1.54) is 9.77 Å². The summed E-state index contributed by atoms with van der Waals surface area (Å²) in [5, 5.41) is 2.39. The second kappa shape index (κ2) is 6.98. The predicted octanol–water partition coefficient (Wildman–Crippen LogP) is 4.33. The van der Waals surface area contributed by atoms with E-state index < -0.39 is 0 Å². The minimum atomic E-state index is 0.153. The first-order valence-corrected chi connectivity index (χ1v) is 8.10. The van der Waals surface area contributed by atoms with E-state index >= 15 is 0 Å². The Kier molecular flexibility index (Phi) is 5.31. The van der Waals surface area contributed by atoms with Gasteiger partial charge < -0.3 is 10.5 Å². The van der Waals surface area contributed by atoms with Gasteiger partial charge >= 0.3 is 0 Å². The molecule has 0 bridgehead atoms. The Morgan fingerprint density at radius 2 is 2.00 bits per heavy atom. The van der Waals surface area contributed by atoms with Gasteiger partial charge in [0.25, 0.3) is 0 Å². The molecule has 0 aliphatic rings. The van der Waals surface area contributed by atoms with E-state index in [-0.39, 0.29) is 11.3 Å². The summed E-state index contributed by atoms with van der Waals surface area (Å²) in [6.07, 6.45) is 0.967. The molecule has 4 heteroatoms. The van der Waals surface area contributed by atoms with Crippen LogP contribution in [0.4, 0.5) is 0 Å². The Hall–Kier alpha value is -0.970. The molecule has 2 atom stereocenters. The van der Waals surface area contributed by atoms with E-state index in [1.54, 1.807) is 18.4 Å². The lowest BCUT2D eigenvalue weighted by molar-refractivity contribution is 0.414. The van der Waals surface area contributed by atoms with E-state index in [9.17, 15) is 0 Å². The lowest BCUT2D eigenvalue weighted by Crippen LogP contribution is -2.25. The highest BCUT2D eigenvalue weighted by Gasteiger charge is 2.20. The molecule has 1 heterocycles. The quantitative estimate of drug-likeness (QED) is 0.805. The third-order valence-electron chi connectivity index (χ3n) is 3.04. The highest BCUT2D eigenvalue weighted by atomic mass is 32.2. The molecule has 0 amide bonds. The number of rotatable bonds is 6. The van der Waals surface area contributed by atoms with Crippen LogP contribution in [0.1, 0.15) is 24.2 Å². The van der Waals surface area contributed by atoms with Crippen LogP contribution < -0.4 is 10.5 Å². The second-order valence-corrected chi connectivity index (χ2v) is 6.71. The molecule has 0 aliphatic carbocycles. The van der Waals surface area contributed by atoms with Gasteiger partial charge in [-0.15, -0.1) is 23.1 Å². The van der Waals surface area contributed by atoms with Crippen LogP contribution in [0.25, 0.3) is 0 Å². The van der Waals surface area contributed by atoms with Crippen LogP contribution in [0.2, 0.25) is 0 Å². The lowest BCUT2D eigenvalue weighted by Gasteiger charge is -2.22. The van der Waals surface area contributed by atoms with Crippen molar-refractivity contribution in [3.63, 3.8) is 0 Å². The minimum Gasteiger partial charge on any atom is -0.497 e. The first-order valence-electron chi connectivity index (χ1n) is 6.34. The zero-order valence-corrected chi connectivity index (χ0v) is 12.8. The third kappa shape index (κ3) is 3.75. The van der Waals surface area contributed by atoms with E-state index in [0.717, 1.165) is 12.2 Å². The van der Waals surface area contributed by atoms with Crippen molar-refractivity contribution in [2.75, 3.05) is 7.11 Å². The molecule has 102 valence electrons. The van der Waals surface area contributed by atoms with E-state index in [0.29, 0.717) is 0 Å². The van der Waals surface area contributed by atoms with E-state index in [4.69, 9.17) is 10.5 Å². The van der Waals surface area contributed by atoms with Gasteiger partial charge in [-0.1, -0.05) is 25.1 Å². The molecule has 1 aromatic carbocycles. The fraction of sp³-hybridized carbons (Fsp3) is 0.333. The molecule has 0 spiro atoms. The van der Waals surface area contributed by atoms with Crippen LogP contribution in [0.5, 0.6) is 5.75 Å². The summed E-state index contributed by atoms with van der Waals surface area (Å²) in [5.74, 6) is 0.883. The van der Waals surface area contributed by atoms with Crippen molar-refractivity contribution < 1.29 is 4.74 Å². The van der Waals surface area contributed by atoms with Crippen molar-refractivity contribution in [1.82, 2.24) is 0 Å². The molecule has 0 aliphatic heterocycles. The fourth-order valence-corrected chi connectivity index (χ4v) is 4.08. The second-order valence-electron chi connectivity index (χ2n) is 4.32. The summed E-state index contributed by atoms with van der Waals surface area (Å²) in [6.45, 7) is 2.14. The number of methoxy groups -OCH3 is 1. The molecule has 0 saturated carbocycles. The van der Waals surface area contributed by atoms with E-state index in [1.807, 2.05) is 23.9 Å². The number of nitrogens with two attached hydrogens (primary N) is 1. The standard InChI is InChI=1S/C15H19NOS2/c1-3-13(16)15(19-14-5-4-10-18-14)11-6-8-12(17-2)9-7-11/h4-10,13,15H,3,16H2,1-2H3. The molecule has 0 radical (unpaired) electrons. The van der Waals surface area contributed by atoms with Crippen LogP contribution in [-0.4, -0.2) is 13.2 Å². The molecule has 19 heavy (non-hydrogen) atoms. The molecular weight excluding hydrogens is 274 g/mol. The van der Waals surface area contributed by atoms with Gasteiger partial charge in [0.15, 0.2) is 0 Å². The summed E-state index contributed by atoms with van der Waals surface area (Å²) in [6, 6.07) is 12.6. The highest BCUT2D eigenvalue weighted by Crippen LogP contribution is 2.40. The maximum atomic E-state index is 6.29. The maximum absolute atomic E-state index is 6.29. The number of hydrogen-bond donors (Lipinski definition) is 1. The summed E-state index contributed by atoms with van der Waals surface area (Å²) in [7, 11) is 1.69. The van der Waals surface area contributed by atoms with Gasteiger partial charge in [-0.3, -0.25) is 0 Å².